The SMILES string of the molecule is CC[C]12[CH]3[CH]4[CH]5[C]1(CC)[Ru]43521678[CH]2[CH]1[CH]6[CH]7[CH]28. The minimum absolute atomic E-state index is 1.20. The van der Waals surface area contributed by atoms with Gasteiger partial charge in [-0.25, -0.2) is 0 Å². The van der Waals surface area contributed by atoms with Crippen LogP contribution < -0.4 is 0 Å². The van der Waals surface area contributed by atoms with Crippen LogP contribution in [0.2, 0.25) is 44.1 Å². The summed E-state index contributed by atoms with van der Waals surface area (Å²) in [5, 5.41) is 0. The second-order valence-corrected chi connectivity index (χ2v) is 47.7. The molecule has 0 amide bonds. The van der Waals surface area contributed by atoms with Crippen LogP contribution in [-0.2, 0) is 7.72 Å². The Labute approximate surface area is 78.5 Å². The summed E-state index contributed by atoms with van der Waals surface area (Å²) < 4.78 is 14.8. The normalized spacial score (nSPS) is 139. The fourth-order valence-corrected chi connectivity index (χ4v) is 160. The average molecular weight is 287 g/mol. The van der Waals surface area contributed by atoms with E-state index in [1.54, 1.807) is 48.9 Å². The Kier molecular flexibility index (Phi) is 0.143. The third kappa shape index (κ3) is 0.0427. The number of fused-ring (bicyclic) bond motifs is 10. The van der Waals surface area contributed by atoms with Gasteiger partial charge in [-0.05, 0) is 0 Å². The summed E-state index contributed by atoms with van der Waals surface area (Å²) in [6, 6.07) is 0. The van der Waals surface area contributed by atoms with Crippen molar-refractivity contribution in [2.24, 2.45) is 0 Å². The van der Waals surface area contributed by atoms with Crippen molar-refractivity contribution >= 4 is 0 Å². The van der Waals surface area contributed by atoms with Crippen molar-refractivity contribution in [3.63, 3.8) is 0 Å². The van der Waals surface area contributed by atoms with Crippen LogP contribution in [0.15, 0.2) is 0 Å². The molecule has 10 fully saturated rings. The van der Waals surface area contributed by atoms with Gasteiger partial charge in [0.25, 0.3) is 0 Å². The van der Waals surface area contributed by atoms with Crippen molar-refractivity contribution in [2.45, 2.75) is 70.8 Å². The van der Waals surface area contributed by atoms with Gasteiger partial charge < -0.3 is 0 Å². The molecule has 0 radical (unpaired) electrons. The maximum absolute atomic E-state index is 3.00. The zero-order valence-electron chi connectivity index (χ0n) is 9.39. The van der Waals surface area contributed by atoms with E-state index < -0.39 is 7.72 Å². The van der Waals surface area contributed by atoms with Crippen molar-refractivity contribution in [2.75, 3.05) is 0 Å². The molecule has 15 heavy (non-hydrogen) atoms. The van der Waals surface area contributed by atoms with Crippen LogP contribution in [0.25, 0.3) is 0 Å². The first-order valence-corrected chi connectivity index (χ1v) is 17.0. The number of hydrogen-bond donors (Lipinski definition) is 0. The van der Waals surface area contributed by atoms with Gasteiger partial charge in [0.05, 0.1) is 0 Å². The van der Waals surface area contributed by atoms with Gasteiger partial charge in [-0.2, -0.15) is 0 Å². The van der Waals surface area contributed by atoms with Gasteiger partial charge in [-0.15, -0.1) is 0 Å². The van der Waals surface area contributed by atoms with Crippen molar-refractivity contribution < 1.29 is 7.72 Å². The van der Waals surface area contributed by atoms with Crippen LogP contribution >= 0.6 is 0 Å². The first-order chi connectivity index (χ1) is 7.06. The standard InChI is InChI=1S/C9H13.C5H5.Ru/c1-3-8-6-5-7-9(8)4-2;1-2-4-5-3-1;/h5-7H,3-4H2,1-2H3;1-5H;. The first-order valence-electron chi connectivity index (χ1n) is 7.27. The molecule has 10 saturated heterocycles. The van der Waals surface area contributed by atoms with Crippen LogP contribution in [0.1, 0.15) is 26.7 Å². The van der Waals surface area contributed by atoms with Gasteiger partial charge >= 0.3 is 78.5 Å². The van der Waals surface area contributed by atoms with E-state index in [9.17, 15) is 0 Å². The molecule has 0 aromatic carbocycles. The Morgan fingerprint density at radius 3 is 1.27 bits per heavy atom. The van der Waals surface area contributed by atoms with Gasteiger partial charge in [0.1, 0.15) is 0 Å². The molecular formula is C14H18Ru. The van der Waals surface area contributed by atoms with Crippen LogP contribution in [0.3, 0.4) is 0 Å². The van der Waals surface area contributed by atoms with Gasteiger partial charge in [-0.3, -0.25) is 0 Å². The van der Waals surface area contributed by atoms with E-state index in [-0.39, 0.29) is 0 Å². The van der Waals surface area contributed by atoms with E-state index in [4.69, 9.17) is 0 Å². The van der Waals surface area contributed by atoms with E-state index >= 15 is 0 Å². The van der Waals surface area contributed by atoms with Crippen molar-refractivity contribution in [3.05, 3.63) is 0 Å². The molecule has 10 rings (SSSR count). The third-order valence-corrected chi connectivity index (χ3v) is 86.4. The summed E-state index contributed by atoms with van der Waals surface area (Å²) in [4.78, 5) is 0. The molecule has 10 heterocycles. The summed E-state index contributed by atoms with van der Waals surface area (Å²) in [7, 11) is -3.00. The average Bonchev–Trinajstić information content (AvgIpc) is 3.21. The first kappa shape index (κ1) is 5.51. The van der Waals surface area contributed by atoms with Crippen LogP contribution in [0.5, 0.6) is 0 Å². The molecule has 0 aliphatic carbocycles. The minimum atomic E-state index is -3.00. The fourth-order valence-electron chi connectivity index (χ4n) is 19.6. The van der Waals surface area contributed by atoms with E-state index in [0.29, 0.717) is 0 Å². The molecule has 0 saturated carbocycles. The summed E-state index contributed by atoms with van der Waals surface area (Å²) in [6.45, 7) is 5.23. The molecular weight excluding hydrogens is 269 g/mol. The topological polar surface area (TPSA) is 0 Å². The summed E-state index contributed by atoms with van der Waals surface area (Å²) >= 11 is 0. The molecule has 0 N–H and O–H groups in total. The van der Waals surface area contributed by atoms with Gasteiger partial charge in [-0.1, -0.05) is 0 Å². The number of rotatable bonds is 2. The Balaban J connectivity index is 1.90. The zero-order valence-corrected chi connectivity index (χ0v) is 11.1. The molecule has 4 unspecified atom stereocenters. The van der Waals surface area contributed by atoms with Crippen molar-refractivity contribution in [1.29, 1.82) is 0 Å². The maximum atomic E-state index is 2.61. The molecule has 0 bridgehead atoms. The second-order valence-electron chi connectivity index (χ2n) is 10.8. The molecule has 4 atom stereocenters. The Hall–Kier alpha value is 0.623. The molecule has 1 heteroatoms. The second kappa shape index (κ2) is 0.388. The predicted molar refractivity (Wildman–Crippen MR) is 56.0 cm³/mol. The van der Waals surface area contributed by atoms with E-state index in [1.165, 1.54) is 8.02 Å². The van der Waals surface area contributed by atoms with Gasteiger partial charge in [0, 0.05) is 0 Å². The molecule has 0 aromatic heterocycles. The summed E-state index contributed by atoms with van der Waals surface area (Å²) in [6.07, 6.45) is 3.36. The molecule has 82 valence electrons. The van der Waals surface area contributed by atoms with Crippen LogP contribution in [-0.4, -0.2) is 0 Å². The summed E-state index contributed by atoms with van der Waals surface area (Å²) in [5.74, 6) is 0. The monoisotopic (exact) mass is 288 g/mol. The molecule has 1 spiro atoms. The molecule has 0 nitrogen and oxygen atoms in total. The van der Waals surface area contributed by atoms with Crippen molar-refractivity contribution in [1.82, 2.24) is 0 Å². The Morgan fingerprint density at radius 1 is 0.733 bits per heavy atom. The molecule has 10 aliphatic rings. The Bertz CT molecular complexity index is 844. The molecule has 10 aliphatic heterocycles. The van der Waals surface area contributed by atoms with Gasteiger partial charge in [0.15, 0.2) is 0 Å². The van der Waals surface area contributed by atoms with E-state index in [2.05, 4.69) is 13.8 Å². The third-order valence-electron chi connectivity index (χ3n) is 16.5. The van der Waals surface area contributed by atoms with Crippen LogP contribution in [0.4, 0.5) is 0 Å². The van der Waals surface area contributed by atoms with E-state index in [0.717, 1.165) is 0 Å². The molecule has 0 aromatic rings. The van der Waals surface area contributed by atoms with Crippen molar-refractivity contribution in [3.8, 4) is 0 Å². The predicted octanol–water partition coefficient (Wildman–Crippen LogP) is 4.94. The fraction of sp³-hybridized carbons (Fsp3) is 1.00. The number of hydrogen-bond acceptors (Lipinski definition) is 0. The van der Waals surface area contributed by atoms with Gasteiger partial charge in [0.2, 0.25) is 0 Å². The van der Waals surface area contributed by atoms with E-state index in [1.807, 2.05) is 0 Å². The zero-order chi connectivity index (χ0) is 9.35. The summed E-state index contributed by atoms with van der Waals surface area (Å²) in [5.41, 5.74) is 0. The Morgan fingerprint density at radius 2 is 1.13 bits per heavy atom. The quantitative estimate of drug-likeness (QED) is 0.631. The van der Waals surface area contributed by atoms with Crippen LogP contribution in [0, 0.1) is 0 Å².